The van der Waals surface area contributed by atoms with Crippen molar-refractivity contribution in [3.8, 4) is 11.5 Å². The molecule has 22 heavy (non-hydrogen) atoms. The molecule has 0 unspecified atom stereocenters. The van der Waals surface area contributed by atoms with Gasteiger partial charge >= 0.3 is 0 Å². The van der Waals surface area contributed by atoms with E-state index in [2.05, 4.69) is 13.6 Å². The number of amides is 1. The van der Waals surface area contributed by atoms with Crippen molar-refractivity contribution in [1.29, 1.82) is 0 Å². The molecule has 1 aromatic heterocycles. The van der Waals surface area contributed by atoms with Crippen molar-refractivity contribution in [2.24, 2.45) is 0 Å². The van der Waals surface area contributed by atoms with Gasteiger partial charge in [0.25, 0.3) is 5.91 Å². The maximum absolute atomic E-state index is 12.6. The zero-order valence-electron chi connectivity index (χ0n) is 11.8. The second-order valence-electron chi connectivity index (χ2n) is 5.11. The number of nitrogens with zero attached hydrogens (tertiary/aromatic N) is 4. The zero-order chi connectivity index (χ0) is 14.9. The van der Waals surface area contributed by atoms with E-state index in [1.165, 1.54) is 11.7 Å². The van der Waals surface area contributed by atoms with Gasteiger partial charge < -0.3 is 19.3 Å². The molecule has 8 heteroatoms. The number of carbonyl (C=O) groups excluding carboxylic acids is 1. The van der Waals surface area contributed by atoms with E-state index in [9.17, 15) is 4.79 Å². The van der Waals surface area contributed by atoms with Crippen LogP contribution < -0.4 is 14.4 Å². The van der Waals surface area contributed by atoms with Crippen LogP contribution >= 0.6 is 11.7 Å². The Labute approximate surface area is 131 Å². The zero-order valence-corrected chi connectivity index (χ0v) is 12.6. The van der Waals surface area contributed by atoms with Crippen molar-refractivity contribution >= 4 is 23.5 Å². The second-order valence-corrected chi connectivity index (χ2v) is 5.67. The Kier molecular flexibility index (Phi) is 3.30. The molecule has 0 bridgehead atoms. The third kappa shape index (κ3) is 2.35. The van der Waals surface area contributed by atoms with Gasteiger partial charge in [-0.2, -0.15) is 8.75 Å². The van der Waals surface area contributed by atoms with Crippen LogP contribution in [0.25, 0.3) is 0 Å². The highest BCUT2D eigenvalue weighted by molar-refractivity contribution is 6.99. The minimum absolute atomic E-state index is 0.0225. The Morgan fingerprint density at radius 2 is 1.95 bits per heavy atom. The first kappa shape index (κ1) is 13.3. The van der Waals surface area contributed by atoms with Crippen LogP contribution in [0.4, 0.5) is 5.82 Å². The Balaban J connectivity index is 1.44. The first-order chi connectivity index (χ1) is 10.8. The largest absolute Gasteiger partial charge is 0.454 e. The molecule has 0 radical (unpaired) electrons. The molecule has 2 aromatic rings. The summed E-state index contributed by atoms with van der Waals surface area (Å²) >= 11 is 1.20. The lowest BCUT2D eigenvalue weighted by Crippen LogP contribution is -2.48. The number of carbonyl (C=O) groups is 1. The molecule has 0 saturated carbocycles. The Morgan fingerprint density at radius 3 is 2.73 bits per heavy atom. The summed E-state index contributed by atoms with van der Waals surface area (Å²) in [7, 11) is 0. The average molecular weight is 318 g/mol. The molecule has 1 fully saturated rings. The fourth-order valence-corrected chi connectivity index (χ4v) is 3.08. The summed E-state index contributed by atoms with van der Waals surface area (Å²) in [6.45, 7) is 3.09. The van der Waals surface area contributed by atoms with Crippen LogP contribution in [0, 0.1) is 0 Å². The van der Waals surface area contributed by atoms with Crippen LogP contribution in [-0.4, -0.2) is 52.5 Å². The lowest BCUT2D eigenvalue weighted by molar-refractivity contribution is 0.0746. The molecule has 0 spiro atoms. The lowest BCUT2D eigenvalue weighted by atomic mass is 10.1. The van der Waals surface area contributed by atoms with Crippen molar-refractivity contribution in [3.05, 3.63) is 30.0 Å². The van der Waals surface area contributed by atoms with E-state index in [-0.39, 0.29) is 12.7 Å². The monoisotopic (exact) mass is 318 g/mol. The highest BCUT2D eigenvalue weighted by Gasteiger charge is 2.24. The predicted molar refractivity (Wildman–Crippen MR) is 80.6 cm³/mol. The van der Waals surface area contributed by atoms with Gasteiger partial charge in [0.15, 0.2) is 17.3 Å². The van der Waals surface area contributed by atoms with Gasteiger partial charge in [-0.05, 0) is 18.2 Å². The molecule has 7 nitrogen and oxygen atoms in total. The Bertz CT molecular complexity index is 683. The van der Waals surface area contributed by atoms with E-state index in [0.29, 0.717) is 30.2 Å². The summed E-state index contributed by atoms with van der Waals surface area (Å²) in [5.74, 6) is 2.24. The molecule has 1 aromatic carbocycles. The summed E-state index contributed by atoms with van der Waals surface area (Å²) in [6.07, 6.45) is 1.76. The average Bonchev–Trinajstić information content (AvgIpc) is 3.25. The van der Waals surface area contributed by atoms with Crippen molar-refractivity contribution < 1.29 is 14.3 Å². The number of hydrogen-bond acceptors (Lipinski definition) is 7. The quantitative estimate of drug-likeness (QED) is 0.829. The number of hydrogen-bond donors (Lipinski definition) is 0. The van der Waals surface area contributed by atoms with Crippen LogP contribution in [-0.2, 0) is 0 Å². The standard InChI is InChI=1S/C14H14N4O3S/c19-14(10-1-2-11-12(7-10)21-9-20-11)18-5-3-17(4-6-18)13-8-15-22-16-13/h1-2,7-8H,3-6,9H2. The summed E-state index contributed by atoms with van der Waals surface area (Å²) < 4.78 is 18.8. The molecule has 2 aliphatic rings. The number of anilines is 1. The molecule has 1 saturated heterocycles. The van der Waals surface area contributed by atoms with Crippen molar-refractivity contribution in [3.63, 3.8) is 0 Å². The number of benzene rings is 1. The summed E-state index contributed by atoms with van der Waals surface area (Å²) in [6, 6.07) is 5.32. The van der Waals surface area contributed by atoms with E-state index in [4.69, 9.17) is 9.47 Å². The molecule has 0 aliphatic carbocycles. The molecule has 0 atom stereocenters. The normalized spacial score (nSPS) is 16.9. The summed E-state index contributed by atoms with van der Waals surface area (Å²) in [4.78, 5) is 16.6. The minimum atomic E-state index is 0.0225. The molecule has 114 valence electrons. The minimum Gasteiger partial charge on any atom is -0.454 e. The Morgan fingerprint density at radius 1 is 1.14 bits per heavy atom. The van der Waals surface area contributed by atoms with Gasteiger partial charge in [0.1, 0.15) is 0 Å². The summed E-state index contributed by atoms with van der Waals surface area (Å²) in [5.41, 5.74) is 0.632. The Hall–Kier alpha value is -2.35. The van der Waals surface area contributed by atoms with E-state index in [1.807, 2.05) is 4.90 Å². The number of ether oxygens (including phenoxy) is 2. The predicted octanol–water partition coefficient (Wildman–Crippen LogP) is 1.23. The molecule has 1 amide bonds. The number of rotatable bonds is 2. The van der Waals surface area contributed by atoms with Crippen LogP contribution in [0.3, 0.4) is 0 Å². The fraction of sp³-hybridized carbons (Fsp3) is 0.357. The van der Waals surface area contributed by atoms with Gasteiger partial charge in [-0.15, -0.1) is 0 Å². The first-order valence-electron chi connectivity index (χ1n) is 7.03. The lowest BCUT2D eigenvalue weighted by Gasteiger charge is -2.34. The summed E-state index contributed by atoms with van der Waals surface area (Å²) in [5, 5.41) is 0. The maximum Gasteiger partial charge on any atom is 0.254 e. The van der Waals surface area contributed by atoms with Gasteiger partial charge in [0.2, 0.25) is 6.79 Å². The topological polar surface area (TPSA) is 67.8 Å². The SMILES string of the molecule is O=C(c1ccc2c(c1)OCO2)N1CCN(c2cnsn2)CC1. The molecular formula is C14H14N4O3S. The highest BCUT2D eigenvalue weighted by atomic mass is 32.1. The van der Waals surface area contributed by atoms with Gasteiger partial charge in [-0.25, -0.2) is 0 Å². The van der Waals surface area contributed by atoms with Crippen LogP contribution in [0.2, 0.25) is 0 Å². The number of piperazine rings is 1. The van der Waals surface area contributed by atoms with Crippen molar-refractivity contribution in [2.45, 2.75) is 0 Å². The fourth-order valence-electron chi connectivity index (χ4n) is 2.65. The van der Waals surface area contributed by atoms with E-state index >= 15 is 0 Å². The second kappa shape index (κ2) is 5.45. The molecule has 4 rings (SSSR count). The van der Waals surface area contributed by atoms with Gasteiger partial charge in [0.05, 0.1) is 17.9 Å². The maximum atomic E-state index is 12.6. The van der Waals surface area contributed by atoms with E-state index in [0.717, 1.165) is 18.9 Å². The van der Waals surface area contributed by atoms with Gasteiger partial charge in [-0.1, -0.05) is 0 Å². The van der Waals surface area contributed by atoms with Gasteiger partial charge in [0, 0.05) is 31.7 Å². The van der Waals surface area contributed by atoms with Crippen molar-refractivity contribution in [1.82, 2.24) is 13.6 Å². The van der Waals surface area contributed by atoms with E-state index < -0.39 is 0 Å². The van der Waals surface area contributed by atoms with Gasteiger partial charge in [-0.3, -0.25) is 4.79 Å². The van der Waals surface area contributed by atoms with E-state index in [1.54, 1.807) is 24.4 Å². The van der Waals surface area contributed by atoms with Crippen LogP contribution in [0.5, 0.6) is 11.5 Å². The third-order valence-electron chi connectivity index (χ3n) is 3.86. The molecule has 0 N–H and O–H groups in total. The smallest absolute Gasteiger partial charge is 0.254 e. The third-order valence-corrected chi connectivity index (χ3v) is 4.33. The molecule has 2 aliphatic heterocycles. The van der Waals surface area contributed by atoms with Crippen molar-refractivity contribution in [2.75, 3.05) is 37.9 Å². The molecular weight excluding hydrogens is 304 g/mol. The highest BCUT2D eigenvalue weighted by Crippen LogP contribution is 2.32. The molecule has 3 heterocycles. The number of fused-ring (bicyclic) bond motifs is 1. The number of aromatic nitrogens is 2. The van der Waals surface area contributed by atoms with Crippen LogP contribution in [0.1, 0.15) is 10.4 Å². The first-order valence-corrected chi connectivity index (χ1v) is 7.76. The van der Waals surface area contributed by atoms with Crippen LogP contribution in [0.15, 0.2) is 24.4 Å².